The Kier molecular flexibility index (Phi) is 5.00. The van der Waals surface area contributed by atoms with Gasteiger partial charge in [-0.25, -0.2) is 4.79 Å². The minimum Gasteiger partial charge on any atom is -0.333 e. The third-order valence-electron chi connectivity index (χ3n) is 2.40. The van der Waals surface area contributed by atoms with Crippen molar-refractivity contribution in [1.82, 2.24) is 30.4 Å². The molecule has 124 valence electrons. The number of rotatable bonds is 3. The molecule has 0 aromatic carbocycles. The maximum atomic E-state index is 11.8. The Morgan fingerprint density at radius 2 is 2.00 bits per heavy atom. The fraction of sp³-hybridized carbons (Fsp3) is 0.500. The minimum atomic E-state index is -0.551. The van der Waals surface area contributed by atoms with E-state index in [4.69, 9.17) is 0 Å². The van der Waals surface area contributed by atoms with Crippen molar-refractivity contribution in [1.29, 1.82) is 0 Å². The summed E-state index contributed by atoms with van der Waals surface area (Å²) in [7, 11) is 0. The summed E-state index contributed by atoms with van der Waals surface area (Å²) in [6, 6.07) is -0.551. The molecule has 0 unspecified atom stereocenters. The molecule has 2 aromatic heterocycles. The van der Waals surface area contributed by atoms with Crippen LogP contribution in [-0.4, -0.2) is 43.0 Å². The molecule has 0 radical (unpaired) electrons. The number of hydrogen-bond donors (Lipinski definition) is 2. The van der Waals surface area contributed by atoms with Gasteiger partial charge in [0.2, 0.25) is 10.9 Å². The number of hydrogen-bond acceptors (Lipinski definition) is 8. The highest BCUT2D eigenvalue weighted by atomic mass is 32.2. The molecule has 9 nitrogen and oxygen atoms in total. The molecule has 3 amide bonds. The van der Waals surface area contributed by atoms with E-state index in [2.05, 4.69) is 25.9 Å². The first-order valence-corrected chi connectivity index (χ1v) is 8.44. The second-order valence-electron chi connectivity index (χ2n) is 5.69. The van der Waals surface area contributed by atoms with Crippen molar-refractivity contribution in [2.45, 2.75) is 37.6 Å². The van der Waals surface area contributed by atoms with Gasteiger partial charge in [0.25, 0.3) is 5.56 Å². The zero-order valence-electron chi connectivity index (χ0n) is 13.0. The molecule has 23 heavy (non-hydrogen) atoms. The molecule has 0 bridgehead atoms. The monoisotopic (exact) mass is 356 g/mol. The van der Waals surface area contributed by atoms with E-state index in [0.717, 1.165) is 27.6 Å². The van der Waals surface area contributed by atoms with Crippen LogP contribution in [0, 0.1) is 6.92 Å². The number of carbonyl (C=O) groups excluding carboxylic acids is 2. The zero-order chi connectivity index (χ0) is 17.2. The SMILES string of the molecule is Cc1nnc2sc(SCC(=O)NC(=O)NC(C)(C)C)nn2c1=O. The fourth-order valence-corrected chi connectivity index (χ4v) is 3.17. The molecule has 0 saturated carbocycles. The number of nitrogens with one attached hydrogen (secondary N) is 2. The minimum absolute atomic E-state index is 0.00144. The van der Waals surface area contributed by atoms with Gasteiger partial charge in [0, 0.05) is 5.54 Å². The summed E-state index contributed by atoms with van der Waals surface area (Å²) < 4.78 is 1.65. The highest BCUT2D eigenvalue weighted by molar-refractivity contribution is 8.01. The molecular formula is C12H16N6O3S2. The van der Waals surface area contributed by atoms with Crippen molar-refractivity contribution >= 4 is 40.0 Å². The predicted octanol–water partition coefficient (Wildman–Crippen LogP) is 0.571. The van der Waals surface area contributed by atoms with Crippen molar-refractivity contribution in [3.8, 4) is 0 Å². The molecule has 0 aliphatic rings. The highest BCUT2D eigenvalue weighted by Crippen LogP contribution is 2.22. The zero-order valence-corrected chi connectivity index (χ0v) is 14.7. The third-order valence-corrected chi connectivity index (χ3v) is 4.43. The van der Waals surface area contributed by atoms with Gasteiger partial charge in [-0.05, 0) is 27.7 Å². The van der Waals surface area contributed by atoms with Crippen LogP contribution in [0.25, 0.3) is 4.96 Å². The van der Waals surface area contributed by atoms with Gasteiger partial charge in [0.15, 0.2) is 4.34 Å². The van der Waals surface area contributed by atoms with Crippen molar-refractivity contribution in [3.05, 3.63) is 16.0 Å². The van der Waals surface area contributed by atoms with E-state index in [1.807, 2.05) is 20.8 Å². The van der Waals surface area contributed by atoms with Crippen molar-refractivity contribution in [2.24, 2.45) is 0 Å². The van der Waals surface area contributed by atoms with Crippen molar-refractivity contribution < 1.29 is 9.59 Å². The van der Waals surface area contributed by atoms with Crippen LogP contribution in [0.4, 0.5) is 4.79 Å². The van der Waals surface area contributed by atoms with Gasteiger partial charge in [-0.3, -0.25) is 14.9 Å². The Labute approximate surface area is 139 Å². The van der Waals surface area contributed by atoms with Crippen LogP contribution in [-0.2, 0) is 4.79 Å². The first-order chi connectivity index (χ1) is 10.7. The van der Waals surface area contributed by atoms with E-state index >= 15 is 0 Å². The van der Waals surface area contributed by atoms with Crippen molar-refractivity contribution in [3.63, 3.8) is 0 Å². The first kappa shape index (κ1) is 17.3. The topological polar surface area (TPSA) is 118 Å². The van der Waals surface area contributed by atoms with E-state index < -0.39 is 17.5 Å². The molecule has 0 aliphatic heterocycles. The Hall–Kier alpha value is -2.01. The highest BCUT2D eigenvalue weighted by Gasteiger charge is 2.16. The normalized spacial score (nSPS) is 11.5. The summed E-state index contributed by atoms with van der Waals surface area (Å²) in [5.74, 6) is -0.455. The van der Waals surface area contributed by atoms with Gasteiger partial charge < -0.3 is 5.32 Å². The number of imide groups is 1. The Bertz CT molecular complexity index is 807. The fourth-order valence-electron chi connectivity index (χ4n) is 1.50. The van der Waals surface area contributed by atoms with E-state index in [-0.39, 0.29) is 17.0 Å². The number of aromatic nitrogens is 4. The maximum Gasteiger partial charge on any atom is 0.321 e. The van der Waals surface area contributed by atoms with Gasteiger partial charge in [0.05, 0.1) is 5.75 Å². The summed E-state index contributed by atoms with van der Waals surface area (Å²) in [5, 5.41) is 16.5. The molecular weight excluding hydrogens is 340 g/mol. The molecule has 0 aliphatic carbocycles. The van der Waals surface area contributed by atoms with Crippen LogP contribution in [0.15, 0.2) is 9.13 Å². The average Bonchev–Trinajstić information content (AvgIpc) is 2.82. The van der Waals surface area contributed by atoms with Gasteiger partial charge in [-0.1, -0.05) is 23.1 Å². The summed E-state index contributed by atoms with van der Waals surface area (Å²) in [5.41, 5.74) is -0.518. The van der Waals surface area contributed by atoms with E-state index in [1.54, 1.807) is 6.92 Å². The number of carbonyl (C=O) groups is 2. The lowest BCUT2D eigenvalue weighted by Gasteiger charge is -2.20. The third kappa shape index (κ3) is 4.73. The van der Waals surface area contributed by atoms with Crippen LogP contribution >= 0.6 is 23.1 Å². The lowest BCUT2D eigenvalue weighted by atomic mass is 10.1. The van der Waals surface area contributed by atoms with Crippen LogP contribution in [0.2, 0.25) is 0 Å². The second kappa shape index (κ2) is 6.62. The number of thioether (sulfide) groups is 1. The van der Waals surface area contributed by atoms with E-state index in [0.29, 0.717) is 9.30 Å². The molecule has 2 N–H and O–H groups in total. The van der Waals surface area contributed by atoms with Gasteiger partial charge in [-0.2, -0.15) is 4.52 Å². The molecule has 2 heterocycles. The number of amides is 3. The average molecular weight is 356 g/mol. The number of nitrogens with zero attached hydrogens (tertiary/aromatic N) is 4. The number of fused-ring (bicyclic) bond motifs is 1. The molecule has 0 saturated heterocycles. The number of aryl methyl sites for hydroxylation is 1. The van der Waals surface area contributed by atoms with Gasteiger partial charge in [0.1, 0.15) is 5.69 Å². The lowest BCUT2D eigenvalue weighted by Crippen LogP contribution is -2.48. The predicted molar refractivity (Wildman–Crippen MR) is 86.8 cm³/mol. The quantitative estimate of drug-likeness (QED) is 0.772. The first-order valence-electron chi connectivity index (χ1n) is 6.64. The Balaban J connectivity index is 1.96. The maximum absolute atomic E-state index is 11.8. The lowest BCUT2D eigenvalue weighted by molar-refractivity contribution is -0.117. The molecule has 2 rings (SSSR count). The Morgan fingerprint density at radius 1 is 1.30 bits per heavy atom. The molecule has 0 spiro atoms. The van der Waals surface area contributed by atoms with Gasteiger partial charge >= 0.3 is 6.03 Å². The Morgan fingerprint density at radius 3 is 2.65 bits per heavy atom. The molecule has 0 fully saturated rings. The van der Waals surface area contributed by atoms with Crippen molar-refractivity contribution in [2.75, 3.05) is 5.75 Å². The summed E-state index contributed by atoms with van der Waals surface area (Å²) in [6.45, 7) is 6.99. The van der Waals surface area contributed by atoms with Crippen LogP contribution < -0.4 is 16.2 Å². The van der Waals surface area contributed by atoms with Crippen LogP contribution in [0.5, 0.6) is 0 Å². The summed E-state index contributed by atoms with van der Waals surface area (Å²) >= 11 is 2.27. The molecule has 2 aromatic rings. The summed E-state index contributed by atoms with van der Waals surface area (Å²) in [6.07, 6.45) is 0. The van der Waals surface area contributed by atoms with Gasteiger partial charge in [-0.15, -0.1) is 15.3 Å². The standard InChI is InChI=1S/C12H16N6O3S2/c1-6-8(20)18-10(16-15-6)23-11(17-18)22-5-7(19)13-9(21)14-12(2,3)4/h5H2,1-4H3,(H2,13,14,19,21). The van der Waals surface area contributed by atoms with Crippen LogP contribution in [0.3, 0.4) is 0 Å². The van der Waals surface area contributed by atoms with E-state index in [1.165, 1.54) is 0 Å². The largest absolute Gasteiger partial charge is 0.333 e. The number of urea groups is 1. The molecule has 11 heteroatoms. The summed E-state index contributed by atoms with van der Waals surface area (Å²) in [4.78, 5) is 35.5. The van der Waals surface area contributed by atoms with E-state index in [9.17, 15) is 14.4 Å². The second-order valence-corrected chi connectivity index (χ2v) is 7.87. The smallest absolute Gasteiger partial charge is 0.321 e. The van der Waals surface area contributed by atoms with Crippen LogP contribution in [0.1, 0.15) is 26.5 Å². The molecule has 0 atom stereocenters.